The van der Waals surface area contributed by atoms with Gasteiger partial charge in [0.05, 0.1) is 17.6 Å². The molecule has 12 nitrogen and oxygen atoms in total. The van der Waals surface area contributed by atoms with E-state index in [0.29, 0.717) is 4.90 Å². The van der Waals surface area contributed by atoms with E-state index in [1.165, 1.54) is 19.1 Å². The summed E-state index contributed by atoms with van der Waals surface area (Å²) in [4.78, 5) is 60.0. The van der Waals surface area contributed by atoms with Crippen LogP contribution in [0.2, 0.25) is 0 Å². The first-order valence-corrected chi connectivity index (χ1v) is 8.26. The molecule has 0 aliphatic carbocycles. The van der Waals surface area contributed by atoms with Crippen molar-refractivity contribution < 1.29 is 33.3 Å². The minimum absolute atomic E-state index is 0.0186. The molecule has 1 aromatic carbocycles. The Balaban J connectivity index is 1.85. The molecule has 0 atom stereocenters. The fourth-order valence-corrected chi connectivity index (χ4v) is 3.01. The number of esters is 1. The molecule has 3 amide bonds. The number of fused-ring (bicyclic) bond motifs is 1. The number of ether oxygens (including phenoxy) is 1. The molecule has 0 unspecified atom stereocenters. The molecule has 0 bridgehead atoms. The summed E-state index contributed by atoms with van der Waals surface area (Å²) in [6.07, 6.45) is 0. The number of rotatable bonds is 5. The van der Waals surface area contributed by atoms with Crippen LogP contribution in [0.3, 0.4) is 0 Å². The van der Waals surface area contributed by atoms with Gasteiger partial charge in [-0.2, -0.15) is 5.26 Å². The summed E-state index contributed by atoms with van der Waals surface area (Å²) in [7, 11) is 1.11. The largest absolute Gasteiger partial charge is 0.465 e. The van der Waals surface area contributed by atoms with E-state index in [-0.39, 0.29) is 28.3 Å². The molecular weight excluding hydrogens is 400 g/mol. The summed E-state index contributed by atoms with van der Waals surface area (Å²) in [5.74, 6) is -3.98. The quantitative estimate of drug-likeness (QED) is 0.329. The zero-order chi connectivity index (χ0) is 22.2. The molecule has 1 aliphatic rings. The first-order chi connectivity index (χ1) is 14.2. The van der Waals surface area contributed by atoms with Gasteiger partial charge < -0.3 is 9.15 Å². The molecular formula is C18H12N4O8. The van der Waals surface area contributed by atoms with Crippen molar-refractivity contribution in [1.82, 2.24) is 4.90 Å². The number of carbonyl (C=O) groups excluding carboxylic acids is 4. The highest BCUT2D eigenvalue weighted by atomic mass is 16.6. The molecule has 12 heteroatoms. The van der Waals surface area contributed by atoms with Crippen LogP contribution in [0.15, 0.2) is 22.6 Å². The van der Waals surface area contributed by atoms with Crippen LogP contribution in [-0.2, 0) is 9.53 Å². The van der Waals surface area contributed by atoms with Crippen LogP contribution in [0.5, 0.6) is 0 Å². The minimum Gasteiger partial charge on any atom is -0.465 e. The van der Waals surface area contributed by atoms with Gasteiger partial charge in [0.15, 0.2) is 0 Å². The lowest BCUT2D eigenvalue weighted by Crippen LogP contribution is -2.37. The maximum Gasteiger partial charge on any atom is 0.342 e. The third-order valence-electron chi connectivity index (χ3n) is 4.31. The van der Waals surface area contributed by atoms with Gasteiger partial charge in [0.2, 0.25) is 11.8 Å². The van der Waals surface area contributed by atoms with E-state index in [1.54, 1.807) is 6.07 Å². The van der Waals surface area contributed by atoms with E-state index in [1.807, 2.05) is 0 Å². The van der Waals surface area contributed by atoms with Crippen LogP contribution in [0.4, 0.5) is 11.6 Å². The molecule has 3 rings (SSSR count). The third-order valence-corrected chi connectivity index (χ3v) is 4.31. The van der Waals surface area contributed by atoms with Crippen molar-refractivity contribution in [2.75, 3.05) is 19.0 Å². The SMILES string of the molecule is COC(=O)c1c(C)oc(NC(=O)CN2C(=O)c3cccc([N+](=O)[O-])c3C2=O)c1C#N. The Morgan fingerprint density at radius 3 is 2.63 bits per heavy atom. The third kappa shape index (κ3) is 3.14. The molecule has 1 N–H and O–H groups in total. The topological polar surface area (TPSA) is 173 Å². The zero-order valence-corrected chi connectivity index (χ0v) is 15.5. The highest BCUT2D eigenvalue weighted by Crippen LogP contribution is 2.31. The van der Waals surface area contributed by atoms with Crippen molar-refractivity contribution in [1.29, 1.82) is 5.26 Å². The molecule has 0 fully saturated rings. The van der Waals surface area contributed by atoms with Crippen LogP contribution >= 0.6 is 0 Å². The predicted octanol–water partition coefficient (Wildman–Crippen LogP) is 1.39. The van der Waals surface area contributed by atoms with Gasteiger partial charge in [-0.1, -0.05) is 6.07 Å². The molecule has 1 aromatic heterocycles. The Kier molecular flexibility index (Phi) is 5.03. The number of furan rings is 1. The lowest BCUT2D eigenvalue weighted by molar-refractivity contribution is -0.385. The Morgan fingerprint density at radius 1 is 1.33 bits per heavy atom. The van der Waals surface area contributed by atoms with Crippen molar-refractivity contribution in [3.8, 4) is 6.07 Å². The van der Waals surface area contributed by atoms with Crippen LogP contribution in [0.1, 0.15) is 42.4 Å². The Labute approximate surface area is 167 Å². The number of nitrogens with zero attached hydrogens (tertiary/aromatic N) is 3. The van der Waals surface area contributed by atoms with E-state index < -0.39 is 46.4 Å². The van der Waals surface area contributed by atoms with Gasteiger partial charge in [-0.25, -0.2) is 4.79 Å². The fourth-order valence-electron chi connectivity index (χ4n) is 3.01. The first-order valence-electron chi connectivity index (χ1n) is 8.26. The van der Waals surface area contributed by atoms with Crippen LogP contribution in [-0.4, -0.2) is 47.2 Å². The predicted molar refractivity (Wildman–Crippen MR) is 96.6 cm³/mol. The second-order valence-electron chi connectivity index (χ2n) is 6.04. The lowest BCUT2D eigenvalue weighted by Gasteiger charge is -2.12. The van der Waals surface area contributed by atoms with Crippen molar-refractivity contribution in [3.05, 3.63) is 56.3 Å². The number of benzene rings is 1. The number of nitro benzene ring substituents is 1. The van der Waals surface area contributed by atoms with Crippen molar-refractivity contribution >= 4 is 35.3 Å². The molecule has 152 valence electrons. The number of aryl methyl sites for hydroxylation is 1. The average molecular weight is 412 g/mol. The lowest BCUT2D eigenvalue weighted by atomic mass is 10.1. The van der Waals surface area contributed by atoms with Gasteiger partial charge in [0.25, 0.3) is 17.5 Å². The second kappa shape index (κ2) is 7.47. The van der Waals surface area contributed by atoms with Gasteiger partial charge in [0.1, 0.15) is 35.1 Å². The van der Waals surface area contributed by atoms with Gasteiger partial charge in [-0.05, 0) is 13.0 Å². The Hall–Kier alpha value is -4.53. The molecule has 0 spiro atoms. The van der Waals surface area contributed by atoms with E-state index in [0.717, 1.165) is 13.2 Å². The summed E-state index contributed by atoms with van der Waals surface area (Å²) >= 11 is 0. The number of hydrogen-bond acceptors (Lipinski definition) is 9. The van der Waals surface area contributed by atoms with E-state index in [9.17, 15) is 34.6 Å². The van der Waals surface area contributed by atoms with Crippen LogP contribution < -0.4 is 5.32 Å². The minimum atomic E-state index is -0.996. The summed E-state index contributed by atoms with van der Waals surface area (Å²) in [5.41, 5.74) is -1.61. The fraction of sp³-hybridized carbons (Fsp3) is 0.167. The second-order valence-corrected chi connectivity index (χ2v) is 6.04. The Morgan fingerprint density at radius 2 is 2.03 bits per heavy atom. The molecule has 0 saturated heterocycles. The first kappa shape index (κ1) is 20.2. The summed E-state index contributed by atoms with van der Waals surface area (Å²) in [6, 6.07) is 5.29. The molecule has 2 aromatic rings. The smallest absolute Gasteiger partial charge is 0.342 e. The van der Waals surface area contributed by atoms with Crippen LogP contribution in [0, 0.1) is 28.4 Å². The average Bonchev–Trinajstić information content (AvgIpc) is 3.15. The summed E-state index contributed by atoms with van der Waals surface area (Å²) in [6.45, 7) is 0.591. The van der Waals surface area contributed by atoms with E-state index in [2.05, 4.69) is 10.1 Å². The summed E-state index contributed by atoms with van der Waals surface area (Å²) < 4.78 is 9.79. The molecule has 1 aliphatic heterocycles. The number of imide groups is 1. The maximum atomic E-state index is 12.5. The normalized spacial score (nSPS) is 12.4. The standard InChI is InChI=1S/C18H12N4O8/c1-8-13(18(26)29-2)10(6-19)15(30-8)20-12(23)7-21-16(24)9-4-3-5-11(22(27)28)14(9)17(21)25/h3-5H,7H2,1-2H3,(H,20,23). The van der Waals surface area contributed by atoms with E-state index >= 15 is 0 Å². The number of amides is 3. The highest BCUT2D eigenvalue weighted by molar-refractivity contribution is 6.24. The Bertz CT molecular complexity index is 1170. The molecule has 30 heavy (non-hydrogen) atoms. The van der Waals surface area contributed by atoms with Gasteiger partial charge in [0, 0.05) is 6.07 Å². The van der Waals surface area contributed by atoms with Crippen molar-refractivity contribution in [3.63, 3.8) is 0 Å². The maximum absolute atomic E-state index is 12.5. The number of nitrogens with one attached hydrogen (secondary N) is 1. The highest BCUT2D eigenvalue weighted by Gasteiger charge is 2.41. The number of nitro groups is 1. The van der Waals surface area contributed by atoms with Crippen LogP contribution in [0.25, 0.3) is 0 Å². The number of nitriles is 1. The summed E-state index contributed by atoms with van der Waals surface area (Å²) in [5, 5.41) is 22.6. The van der Waals surface area contributed by atoms with Crippen molar-refractivity contribution in [2.24, 2.45) is 0 Å². The zero-order valence-electron chi connectivity index (χ0n) is 15.5. The van der Waals surface area contributed by atoms with E-state index in [4.69, 9.17) is 4.42 Å². The van der Waals surface area contributed by atoms with Gasteiger partial charge in [-0.15, -0.1) is 0 Å². The molecule has 2 heterocycles. The monoisotopic (exact) mass is 412 g/mol. The van der Waals surface area contributed by atoms with Gasteiger partial charge in [-0.3, -0.25) is 34.7 Å². The molecule has 0 saturated carbocycles. The van der Waals surface area contributed by atoms with Gasteiger partial charge >= 0.3 is 5.97 Å². The number of hydrogen-bond donors (Lipinski definition) is 1. The number of carbonyl (C=O) groups is 4. The number of methoxy groups -OCH3 is 1. The molecule has 0 radical (unpaired) electrons. The van der Waals surface area contributed by atoms with Crippen molar-refractivity contribution in [2.45, 2.75) is 6.92 Å². The number of anilines is 1.